The summed E-state index contributed by atoms with van der Waals surface area (Å²) < 4.78 is 4.66. The minimum absolute atomic E-state index is 0.106. The fourth-order valence-corrected chi connectivity index (χ4v) is 1.53. The van der Waals surface area contributed by atoms with Crippen molar-refractivity contribution < 1.29 is 19.1 Å². The lowest BCUT2D eigenvalue weighted by Gasteiger charge is -2.16. The number of nitrogens with one attached hydrogen (secondary N) is 1. The number of anilines is 1. The molecule has 1 aromatic carbocycles. The molecule has 0 spiro atoms. The Morgan fingerprint density at radius 2 is 1.85 bits per heavy atom. The minimum atomic E-state index is -0.847. The Hall–Kier alpha value is -2.17. The highest BCUT2D eigenvalue weighted by atomic mass is 16.6. The van der Waals surface area contributed by atoms with E-state index in [1.165, 1.54) is 13.0 Å². The van der Waals surface area contributed by atoms with Gasteiger partial charge in [-0.25, -0.2) is 4.79 Å². The number of amides is 1. The summed E-state index contributed by atoms with van der Waals surface area (Å²) in [6, 6.07) is 6.42. The molecule has 1 aromatic rings. The van der Waals surface area contributed by atoms with Crippen molar-refractivity contribution in [1.82, 2.24) is 0 Å². The number of hydrogen-bond donors (Lipinski definition) is 1. The van der Waals surface area contributed by atoms with E-state index in [9.17, 15) is 14.4 Å². The Bertz CT molecular complexity index is 529. The van der Waals surface area contributed by atoms with Gasteiger partial charge in [-0.1, -0.05) is 32.9 Å². The molecule has 1 N–H and O–H groups in total. The van der Waals surface area contributed by atoms with Gasteiger partial charge in [0.1, 0.15) is 0 Å². The number of benzene rings is 1. The van der Waals surface area contributed by atoms with Crippen LogP contribution in [0.2, 0.25) is 0 Å². The molecule has 5 nitrogen and oxygen atoms in total. The van der Waals surface area contributed by atoms with E-state index < -0.39 is 12.1 Å². The quantitative estimate of drug-likeness (QED) is 0.522. The maximum Gasteiger partial charge on any atom is 0.419 e. The topological polar surface area (TPSA) is 72.5 Å². The van der Waals surface area contributed by atoms with E-state index >= 15 is 0 Å². The maximum atomic E-state index is 11.6. The molecule has 0 saturated heterocycles. The van der Waals surface area contributed by atoms with Gasteiger partial charge in [-0.15, -0.1) is 0 Å². The Labute approximate surface area is 118 Å². The van der Waals surface area contributed by atoms with E-state index in [1.807, 2.05) is 20.8 Å². The first-order chi connectivity index (χ1) is 9.17. The summed E-state index contributed by atoms with van der Waals surface area (Å²) in [5, 5.41) is 2.42. The van der Waals surface area contributed by atoms with Crippen LogP contribution in [0.25, 0.3) is 0 Å². The number of hydrogen-bond acceptors (Lipinski definition) is 4. The fraction of sp³-hybridized carbons (Fsp3) is 0.400. The number of Topliss-reactive ketones (excluding diaryl/α,β-unsaturated/α-hetero) is 1. The molecular formula is C15H19NO4. The summed E-state index contributed by atoms with van der Waals surface area (Å²) in [6.45, 7) is 7.07. The van der Waals surface area contributed by atoms with Gasteiger partial charge >= 0.3 is 12.1 Å². The highest BCUT2D eigenvalue weighted by Gasteiger charge is 2.19. The first-order valence-corrected chi connectivity index (χ1v) is 6.30. The van der Waals surface area contributed by atoms with E-state index in [4.69, 9.17) is 0 Å². The molecule has 0 aliphatic rings. The Kier molecular flexibility index (Phi) is 5.02. The molecule has 0 atom stereocenters. The lowest BCUT2D eigenvalue weighted by Crippen LogP contribution is -2.22. The lowest BCUT2D eigenvalue weighted by atomic mass is 9.93. The highest BCUT2D eigenvalue weighted by Crippen LogP contribution is 2.19. The van der Waals surface area contributed by atoms with Gasteiger partial charge in [-0.2, -0.15) is 0 Å². The van der Waals surface area contributed by atoms with E-state index in [2.05, 4.69) is 10.1 Å². The molecule has 0 radical (unpaired) electrons. The smallest absolute Gasteiger partial charge is 0.376 e. The summed E-state index contributed by atoms with van der Waals surface area (Å²) >= 11 is 0. The number of carbonyl (C=O) groups excluding carboxylic acids is 3. The van der Waals surface area contributed by atoms with Crippen molar-refractivity contribution in [3.63, 3.8) is 0 Å². The van der Waals surface area contributed by atoms with Crippen molar-refractivity contribution in [1.29, 1.82) is 0 Å². The predicted octanol–water partition coefficient (Wildman–Crippen LogP) is 3.40. The van der Waals surface area contributed by atoms with Crippen molar-refractivity contribution in [2.45, 2.75) is 34.1 Å². The molecule has 0 aliphatic heterocycles. The van der Waals surface area contributed by atoms with Gasteiger partial charge in [0.2, 0.25) is 0 Å². The van der Waals surface area contributed by atoms with E-state index in [0.29, 0.717) is 11.3 Å². The molecule has 5 heteroatoms. The maximum absolute atomic E-state index is 11.6. The van der Waals surface area contributed by atoms with Gasteiger partial charge < -0.3 is 4.74 Å². The molecule has 1 amide bonds. The zero-order valence-corrected chi connectivity index (χ0v) is 12.1. The summed E-state index contributed by atoms with van der Waals surface area (Å²) in [5.41, 5.74) is 0.640. The van der Waals surface area contributed by atoms with Crippen LogP contribution in [0.3, 0.4) is 0 Å². The second kappa shape index (κ2) is 6.32. The van der Waals surface area contributed by atoms with E-state index in [-0.39, 0.29) is 17.6 Å². The molecule has 0 fully saturated rings. The Balaban J connectivity index is 2.61. The van der Waals surface area contributed by atoms with Crippen LogP contribution in [0.4, 0.5) is 10.5 Å². The van der Waals surface area contributed by atoms with E-state index in [0.717, 1.165) is 0 Å². The average Bonchev–Trinajstić information content (AvgIpc) is 2.25. The molecule has 0 heterocycles. The number of rotatable bonds is 3. The Morgan fingerprint density at radius 1 is 1.20 bits per heavy atom. The molecule has 108 valence electrons. The molecular weight excluding hydrogens is 258 g/mol. The van der Waals surface area contributed by atoms with Gasteiger partial charge in [-0.3, -0.25) is 14.9 Å². The third-order valence-corrected chi connectivity index (χ3v) is 2.40. The largest absolute Gasteiger partial charge is 0.419 e. The highest BCUT2D eigenvalue weighted by molar-refractivity contribution is 5.97. The zero-order valence-electron chi connectivity index (χ0n) is 12.1. The van der Waals surface area contributed by atoms with Gasteiger partial charge in [0.15, 0.2) is 5.78 Å². The minimum Gasteiger partial charge on any atom is -0.376 e. The van der Waals surface area contributed by atoms with Crippen LogP contribution in [0.5, 0.6) is 0 Å². The van der Waals surface area contributed by atoms with Gasteiger partial charge in [-0.05, 0) is 24.5 Å². The van der Waals surface area contributed by atoms with Crippen molar-refractivity contribution in [3.8, 4) is 0 Å². The van der Waals surface area contributed by atoms with Crippen molar-refractivity contribution in [2.24, 2.45) is 5.41 Å². The molecule has 20 heavy (non-hydrogen) atoms. The summed E-state index contributed by atoms with van der Waals surface area (Å²) in [5.74, 6) is -0.691. The fourth-order valence-electron chi connectivity index (χ4n) is 1.53. The number of carbonyl (C=O) groups is 3. The van der Waals surface area contributed by atoms with E-state index in [1.54, 1.807) is 18.2 Å². The summed E-state index contributed by atoms with van der Waals surface area (Å²) in [7, 11) is 0. The van der Waals surface area contributed by atoms with Gasteiger partial charge in [0.05, 0.1) is 6.42 Å². The van der Waals surface area contributed by atoms with Gasteiger partial charge in [0.25, 0.3) is 0 Å². The Morgan fingerprint density at radius 3 is 2.40 bits per heavy atom. The van der Waals surface area contributed by atoms with Crippen LogP contribution < -0.4 is 5.32 Å². The standard InChI is InChI=1S/C15H19NO4/c1-10(17)11-6-5-7-12(8-11)16-14(19)20-13(18)9-15(2,3)4/h5-8H,9H2,1-4H3,(H,16,19). The van der Waals surface area contributed by atoms with Crippen LogP contribution in [0.15, 0.2) is 24.3 Å². The first kappa shape index (κ1) is 15.9. The van der Waals surface area contributed by atoms with Crippen LogP contribution >= 0.6 is 0 Å². The normalized spacial score (nSPS) is 10.8. The van der Waals surface area contributed by atoms with Gasteiger partial charge in [0, 0.05) is 11.3 Å². The molecule has 0 aliphatic carbocycles. The summed E-state index contributed by atoms with van der Waals surface area (Å²) in [4.78, 5) is 34.3. The lowest BCUT2D eigenvalue weighted by molar-refractivity contribution is -0.138. The molecule has 0 unspecified atom stereocenters. The number of esters is 1. The van der Waals surface area contributed by atoms with Crippen LogP contribution in [0.1, 0.15) is 44.5 Å². The zero-order chi connectivity index (χ0) is 15.3. The third-order valence-electron chi connectivity index (χ3n) is 2.40. The third kappa shape index (κ3) is 5.65. The monoisotopic (exact) mass is 277 g/mol. The average molecular weight is 277 g/mol. The van der Waals surface area contributed by atoms with Crippen LogP contribution in [-0.2, 0) is 9.53 Å². The van der Waals surface area contributed by atoms with Crippen molar-refractivity contribution >= 4 is 23.5 Å². The number of ether oxygens (including phenoxy) is 1. The van der Waals surface area contributed by atoms with Crippen molar-refractivity contribution in [2.75, 3.05) is 5.32 Å². The molecule has 1 rings (SSSR count). The predicted molar refractivity (Wildman–Crippen MR) is 75.6 cm³/mol. The molecule has 0 saturated carbocycles. The second-order valence-electron chi connectivity index (χ2n) is 5.76. The summed E-state index contributed by atoms with van der Waals surface area (Å²) in [6.07, 6.45) is -0.701. The first-order valence-electron chi connectivity index (χ1n) is 6.30. The van der Waals surface area contributed by atoms with Crippen LogP contribution in [0, 0.1) is 5.41 Å². The number of ketones is 1. The van der Waals surface area contributed by atoms with Crippen LogP contribution in [-0.4, -0.2) is 17.8 Å². The van der Waals surface area contributed by atoms with Crippen molar-refractivity contribution in [3.05, 3.63) is 29.8 Å². The molecule has 0 aromatic heterocycles. The second-order valence-corrected chi connectivity index (χ2v) is 5.76. The molecule has 0 bridgehead atoms. The SMILES string of the molecule is CC(=O)c1cccc(NC(=O)OC(=O)CC(C)(C)C)c1.